The SMILES string of the molecule is CCc1nnc(CSCC(O)C(F)(F)F)s1. The average molecular weight is 272 g/mol. The molecule has 1 atom stereocenters. The van der Waals surface area contributed by atoms with E-state index in [-0.39, 0.29) is 5.75 Å². The van der Waals surface area contributed by atoms with Crippen molar-refractivity contribution >= 4 is 23.1 Å². The van der Waals surface area contributed by atoms with Gasteiger partial charge in [0.05, 0.1) is 0 Å². The van der Waals surface area contributed by atoms with E-state index in [0.717, 1.165) is 23.2 Å². The molecule has 1 rings (SSSR count). The maximum Gasteiger partial charge on any atom is 0.415 e. The molecule has 0 spiro atoms. The van der Waals surface area contributed by atoms with Gasteiger partial charge in [0.1, 0.15) is 10.0 Å². The standard InChI is InChI=1S/C8H11F3N2OS2/c1-2-6-12-13-7(16-6)4-15-3-5(14)8(9,10)11/h5,14H,2-4H2,1H3. The number of aromatic nitrogens is 2. The van der Waals surface area contributed by atoms with Gasteiger partial charge in [0.15, 0.2) is 6.10 Å². The van der Waals surface area contributed by atoms with E-state index in [1.54, 1.807) is 0 Å². The molecule has 0 bridgehead atoms. The van der Waals surface area contributed by atoms with Gasteiger partial charge in [-0.25, -0.2) is 0 Å². The lowest BCUT2D eigenvalue weighted by Gasteiger charge is -2.12. The van der Waals surface area contributed by atoms with Gasteiger partial charge in [-0.05, 0) is 6.42 Å². The smallest absolute Gasteiger partial charge is 0.383 e. The number of aliphatic hydroxyl groups is 1. The number of hydrogen-bond donors (Lipinski definition) is 1. The largest absolute Gasteiger partial charge is 0.415 e. The van der Waals surface area contributed by atoms with Gasteiger partial charge in [0.25, 0.3) is 0 Å². The number of thioether (sulfide) groups is 1. The molecule has 0 saturated heterocycles. The summed E-state index contributed by atoms with van der Waals surface area (Å²) >= 11 is 2.39. The van der Waals surface area contributed by atoms with Crippen LogP contribution in [0.3, 0.4) is 0 Å². The molecule has 1 unspecified atom stereocenters. The van der Waals surface area contributed by atoms with Crippen LogP contribution in [0, 0.1) is 0 Å². The van der Waals surface area contributed by atoms with Crippen LogP contribution in [0.1, 0.15) is 16.9 Å². The molecule has 0 radical (unpaired) electrons. The molecule has 3 nitrogen and oxygen atoms in total. The van der Waals surface area contributed by atoms with E-state index in [1.807, 2.05) is 6.92 Å². The van der Waals surface area contributed by atoms with Crippen LogP contribution in [0.25, 0.3) is 0 Å². The van der Waals surface area contributed by atoms with Crippen LogP contribution < -0.4 is 0 Å². The maximum atomic E-state index is 11.9. The lowest BCUT2D eigenvalue weighted by molar-refractivity contribution is -0.195. The quantitative estimate of drug-likeness (QED) is 0.893. The highest BCUT2D eigenvalue weighted by molar-refractivity contribution is 7.98. The summed E-state index contributed by atoms with van der Waals surface area (Å²) in [5, 5.41) is 18.0. The van der Waals surface area contributed by atoms with Crippen LogP contribution in [-0.2, 0) is 12.2 Å². The number of halogens is 3. The zero-order valence-corrected chi connectivity index (χ0v) is 10.1. The van der Waals surface area contributed by atoms with Crippen molar-refractivity contribution in [2.75, 3.05) is 5.75 Å². The Morgan fingerprint density at radius 2 is 2.00 bits per heavy atom. The van der Waals surface area contributed by atoms with Crippen molar-refractivity contribution in [1.82, 2.24) is 10.2 Å². The molecule has 1 aromatic rings. The second kappa shape index (κ2) is 5.83. The molecule has 16 heavy (non-hydrogen) atoms. The van der Waals surface area contributed by atoms with E-state index in [4.69, 9.17) is 5.11 Å². The van der Waals surface area contributed by atoms with Crippen LogP contribution in [0.2, 0.25) is 0 Å². The number of rotatable bonds is 5. The van der Waals surface area contributed by atoms with Crippen molar-refractivity contribution < 1.29 is 18.3 Å². The van der Waals surface area contributed by atoms with Crippen molar-refractivity contribution in [2.45, 2.75) is 31.4 Å². The first kappa shape index (κ1) is 13.7. The zero-order valence-electron chi connectivity index (χ0n) is 8.49. The van der Waals surface area contributed by atoms with E-state index >= 15 is 0 Å². The highest BCUT2D eigenvalue weighted by Crippen LogP contribution is 2.25. The second-order valence-corrected chi connectivity index (χ2v) is 5.19. The fraction of sp³-hybridized carbons (Fsp3) is 0.750. The van der Waals surface area contributed by atoms with Gasteiger partial charge in [0.2, 0.25) is 0 Å². The third kappa shape index (κ3) is 4.26. The summed E-state index contributed by atoms with van der Waals surface area (Å²) in [6.07, 6.45) is -6.04. The molecular formula is C8H11F3N2OS2. The van der Waals surface area contributed by atoms with Gasteiger partial charge < -0.3 is 5.11 Å². The zero-order chi connectivity index (χ0) is 12.2. The first-order valence-electron chi connectivity index (χ1n) is 4.57. The number of nitrogens with zero attached hydrogens (tertiary/aromatic N) is 2. The fourth-order valence-electron chi connectivity index (χ4n) is 0.842. The maximum absolute atomic E-state index is 11.9. The summed E-state index contributed by atoms with van der Waals surface area (Å²) < 4.78 is 35.8. The van der Waals surface area contributed by atoms with E-state index in [9.17, 15) is 13.2 Å². The monoisotopic (exact) mass is 272 g/mol. The van der Waals surface area contributed by atoms with Crippen molar-refractivity contribution in [3.05, 3.63) is 10.0 Å². The van der Waals surface area contributed by atoms with Crippen molar-refractivity contribution in [1.29, 1.82) is 0 Å². The molecule has 0 aliphatic rings. The normalized spacial score (nSPS) is 14.1. The lowest BCUT2D eigenvalue weighted by atomic mass is 10.4. The summed E-state index contributed by atoms with van der Waals surface area (Å²) in [6.45, 7) is 1.94. The first-order valence-corrected chi connectivity index (χ1v) is 6.54. The Bertz CT molecular complexity index is 329. The Balaban J connectivity index is 2.30. The summed E-state index contributed by atoms with van der Waals surface area (Å²) in [7, 11) is 0. The summed E-state index contributed by atoms with van der Waals surface area (Å²) in [4.78, 5) is 0. The molecule has 0 fully saturated rings. The van der Waals surface area contributed by atoms with E-state index in [1.165, 1.54) is 11.3 Å². The summed E-state index contributed by atoms with van der Waals surface area (Å²) in [5.41, 5.74) is 0. The molecule has 92 valence electrons. The summed E-state index contributed by atoms with van der Waals surface area (Å²) in [5.74, 6) is -0.0185. The van der Waals surface area contributed by atoms with Gasteiger partial charge in [-0.15, -0.1) is 21.5 Å². The highest BCUT2D eigenvalue weighted by Gasteiger charge is 2.37. The summed E-state index contributed by atoms with van der Waals surface area (Å²) in [6, 6.07) is 0. The third-order valence-electron chi connectivity index (χ3n) is 1.69. The molecule has 0 aliphatic carbocycles. The second-order valence-electron chi connectivity index (χ2n) is 3.02. The predicted octanol–water partition coefficient (Wildman–Crippen LogP) is 2.26. The third-order valence-corrected chi connectivity index (χ3v) is 3.97. The number of alkyl halides is 3. The van der Waals surface area contributed by atoms with Crippen LogP contribution in [0.15, 0.2) is 0 Å². The Hall–Kier alpha value is -0.340. The van der Waals surface area contributed by atoms with Crippen LogP contribution in [-0.4, -0.2) is 33.3 Å². The first-order chi connectivity index (χ1) is 7.43. The molecule has 1 heterocycles. The van der Waals surface area contributed by atoms with E-state index in [2.05, 4.69) is 10.2 Å². The minimum atomic E-state index is -4.54. The van der Waals surface area contributed by atoms with Crippen molar-refractivity contribution in [2.24, 2.45) is 0 Å². The number of hydrogen-bond acceptors (Lipinski definition) is 5. The Kier molecular flexibility index (Phi) is 5.00. The van der Waals surface area contributed by atoms with E-state index < -0.39 is 12.3 Å². The minimum absolute atomic E-state index is 0.352. The van der Waals surface area contributed by atoms with Gasteiger partial charge in [-0.2, -0.15) is 24.9 Å². The Labute approximate surface area is 99.1 Å². The molecule has 0 amide bonds. The van der Waals surface area contributed by atoms with Crippen LogP contribution in [0.4, 0.5) is 13.2 Å². The molecule has 8 heteroatoms. The topological polar surface area (TPSA) is 46.0 Å². The molecular weight excluding hydrogens is 261 g/mol. The van der Waals surface area contributed by atoms with Gasteiger partial charge in [-0.3, -0.25) is 0 Å². The molecule has 0 aliphatic heterocycles. The van der Waals surface area contributed by atoms with Crippen molar-refractivity contribution in [3.8, 4) is 0 Å². The van der Waals surface area contributed by atoms with Gasteiger partial charge in [0, 0.05) is 11.5 Å². The average Bonchev–Trinajstić information content (AvgIpc) is 2.64. The molecule has 0 saturated carbocycles. The highest BCUT2D eigenvalue weighted by atomic mass is 32.2. The van der Waals surface area contributed by atoms with Crippen molar-refractivity contribution in [3.63, 3.8) is 0 Å². The molecule has 0 aromatic carbocycles. The molecule has 1 aromatic heterocycles. The number of aliphatic hydroxyl groups excluding tert-OH is 1. The van der Waals surface area contributed by atoms with Gasteiger partial charge >= 0.3 is 6.18 Å². The fourth-order valence-corrected chi connectivity index (χ4v) is 2.67. The van der Waals surface area contributed by atoms with Crippen LogP contribution in [0.5, 0.6) is 0 Å². The number of aryl methyl sites for hydroxylation is 1. The minimum Gasteiger partial charge on any atom is -0.383 e. The van der Waals surface area contributed by atoms with Crippen LogP contribution >= 0.6 is 23.1 Å². The molecule has 1 N–H and O–H groups in total. The lowest BCUT2D eigenvalue weighted by Crippen LogP contribution is -2.30. The van der Waals surface area contributed by atoms with E-state index in [0.29, 0.717) is 10.8 Å². The Morgan fingerprint density at radius 3 is 2.50 bits per heavy atom. The van der Waals surface area contributed by atoms with Gasteiger partial charge in [-0.1, -0.05) is 6.92 Å². The Morgan fingerprint density at radius 1 is 1.38 bits per heavy atom. The predicted molar refractivity (Wildman–Crippen MR) is 57.5 cm³/mol.